The lowest BCUT2D eigenvalue weighted by Crippen LogP contribution is -2.32. The molecular weight excluding hydrogens is 244 g/mol. The smallest absolute Gasteiger partial charge is 0.238 e. The van der Waals surface area contributed by atoms with Gasteiger partial charge in [-0.2, -0.15) is 0 Å². The number of likely N-dealkylation sites (tertiary alicyclic amines) is 1. The Hall–Kier alpha value is -1.43. The Morgan fingerprint density at radius 2 is 1.84 bits per heavy atom. The Labute approximate surface area is 112 Å². The molecule has 1 aliphatic rings. The molecule has 1 fully saturated rings. The first-order valence-electron chi connectivity index (χ1n) is 6.55. The molecule has 3 N–H and O–H groups in total. The van der Waals surface area contributed by atoms with Crippen LogP contribution in [0.25, 0.3) is 0 Å². The standard InChI is InChI=1S/C14H20N2O3/c1-2-10-3-5-11(6-4-10)15-14(19)9-16-7-12(17)13(18)8-16/h3-6,12-13,17-18H,2,7-9H2,1H3,(H,15,19). The van der Waals surface area contributed by atoms with E-state index in [0.717, 1.165) is 12.1 Å². The van der Waals surface area contributed by atoms with Crippen LogP contribution in [-0.2, 0) is 11.2 Å². The largest absolute Gasteiger partial charge is 0.389 e. The number of carbonyl (C=O) groups excluding carboxylic acids is 1. The molecule has 1 aromatic carbocycles. The highest BCUT2D eigenvalue weighted by molar-refractivity contribution is 5.92. The van der Waals surface area contributed by atoms with E-state index in [9.17, 15) is 15.0 Å². The van der Waals surface area contributed by atoms with Crippen LogP contribution in [0.4, 0.5) is 5.69 Å². The SMILES string of the molecule is CCc1ccc(NC(=O)CN2CC(O)C(O)C2)cc1. The van der Waals surface area contributed by atoms with Crippen molar-refractivity contribution in [1.29, 1.82) is 0 Å². The fourth-order valence-electron chi connectivity index (χ4n) is 2.20. The monoisotopic (exact) mass is 264 g/mol. The van der Waals surface area contributed by atoms with Crippen molar-refractivity contribution in [1.82, 2.24) is 4.90 Å². The summed E-state index contributed by atoms with van der Waals surface area (Å²) in [6.07, 6.45) is -0.536. The number of benzene rings is 1. The van der Waals surface area contributed by atoms with E-state index in [0.29, 0.717) is 13.1 Å². The zero-order valence-corrected chi connectivity index (χ0v) is 11.0. The van der Waals surface area contributed by atoms with Crippen LogP contribution in [0.3, 0.4) is 0 Å². The summed E-state index contributed by atoms with van der Waals surface area (Å²) >= 11 is 0. The highest BCUT2D eigenvalue weighted by Crippen LogP contribution is 2.12. The van der Waals surface area contributed by atoms with E-state index in [-0.39, 0.29) is 12.5 Å². The van der Waals surface area contributed by atoms with E-state index in [1.165, 1.54) is 5.56 Å². The maximum atomic E-state index is 11.8. The summed E-state index contributed by atoms with van der Waals surface area (Å²) in [5.41, 5.74) is 1.99. The molecule has 0 bridgehead atoms. The zero-order chi connectivity index (χ0) is 13.8. The summed E-state index contributed by atoms with van der Waals surface area (Å²) in [5.74, 6) is -0.134. The van der Waals surface area contributed by atoms with Crippen LogP contribution < -0.4 is 5.32 Å². The summed E-state index contributed by atoms with van der Waals surface area (Å²) < 4.78 is 0. The van der Waals surface area contributed by atoms with Crippen molar-refractivity contribution in [3.63, 3.8) is 0 Å². The van der Waals surface area contributed by atoms with Crippen molar-refractivity contribution in [3.05, 3.63) is 29.8 Å². The van der Waals surface area contributed by atoms with Crippen molar-refractivity contribution in [2.24, 2.45) is 0 Å². The van der Waals surface area contributed by atoms with Gasteiger partial charge < -0.3 is 15.5 Å². The van der Waals surface area contributed by atoms with Gasteiger partial charge in [0, 0.05) is 18.8 Å². The van der Waals surface area contributed by atoms with Crippen molar-refractivity contribution in [2.45, 2.75) is 25.6 Å². The van der Waals surface area contributed by atoms with Gasteiger partial charge >= 0.3 is 0 Å². The molecule has 1 heterocycles. The zero-order valence-electron chi connectivity index (χ0n) is 11.0. The van der Waals surface area contributed by atoms with Gasteiger partial charge in [-0.25, -0.2) is 0 Å². The Bertz CT molecular complexity index is 423. The second-order valence-electron chi connectivity index (χ2n) is 4.93. The number of hydrogen-bond donors (Lipinski definition) is 3. The third-order valence-electron chi connectivity index (χ3n) is 3.35. The molecule has 104 valence electrons. The molecule has 1 saturated heterocycles. The topological polar surface area (TPSA) is 72.8 Å². The molecule has 0 saturated carbocycles. The molecule has 5 nitrogen and oxygen atoms in total. The van der Waals surface area contributed by atoms with Crippen LogP contribution in [-0.4, -0.2) is 52.9 Å². The van der Waals surface area contributed by atoms with Gasteiger partial charge in [-0.3, -0.25) is 9.69 Å². The van der Waals surface area contributed by atoms with Gasteiger partial charge in [0.1, 0.15) is 0 Å². The van der Waals surface area contributed by atoms with Crippen LogP contribution in [0.1, 0.15) is 12.5 Å². The quantitative estimate of drug-likeness (QED) is 0.727. The molecule has 19 heavy (non-hydrogen) atoms. The van der Waals surface area contributed by atoms with Gasteiger partial charge in [-0.05, 0) is 24.1 Å². The van der Waals surface area contributed by atoms with Crippen LogP contribution in [0.15, 0.2) is 24.3 Å². The lowest BCUT2D eigenvalue weighted by molar-refractivity contribution is -0.117. The minimum atomic E-state index is -0.753. The highest BCUT2D eigenvalue weighted by Gasteiger charge is 2.30. The maximum absolute atomic E-state index is 11.8. The number of nitrogens with one attached hydrogen (secondary N) is 1. The first-order valence-corrected chi connectivity index (χ1v) is 6.55. The second kappa shape index (κ2) is 6.14. The van der Waals surface area contributed by atoms with E-state index in [1.807, 2.05) is 24.3 Å². The van der Waals surface area contributed by atoms with Crippen LogP contribution in [0, 0.1) is 0 Å². The summed E-state index contributed by atoms with van der Waals surface area (Å²) in [6.45, 7) is 2.94. The van der Waals surface area contributed by atoms with Gasteiger partial charge in [0.25, 0.3) is 0 Å². The maximum Gasteiger partial charge on any atom is 0.238 e. The van der Waals surface area contributed by atoms with Crippen LogP contribution in [0.2, 0.25) is 0 Å². The van der Waals surface area contributed by atoms with Crippen molar-refractivity contribution < 1.29 is 15.0 Å². The molecule has 5 heteroatoms. The molecule has 2 unspecified atom stereocenters. The predicted molar refractivity (Wildman–Crippen MR) is 72.9 cm³/mol. The number of rotatable bonds is 4. The Balaban J connectivity index is 1.84. The van der Waals surface area contributed by atoms with E-state index in [4.69, 9.17) is 0 Å². The van der Waals surface area contributed by atoms with E-state index in [2.05, 4.69) is 12.2 Å². The Kier molecular flexibility index (Phi) is 4.52. The number of amides is 1. The normalized spacial score (nSPS) is 23.5. The molecule has 2 rings (SSSR count). The molecular formula is C14H20N2O3. The number of carbonyl (C=O) groups is 1. The minimum absolute atomic E-state index is 0.134. The van der Waals surface area contributed by atoms with Crippen LogP contribution in [0.5, 0.6) is 0 Å². The van der Waals surface area contributed by atoms with E-state index in [1.54, 1.807) is 4.90 Å². The number of hydrogen-bond acceptors (Lipinski definition) is 4. The number of β-amino-alcohol motifs (C(OH)–C–C–N with tert-alkyl or cyclic N) is 2. The van der Waals surface area contributed by atoms with E-state index < -0.39 is 12.2 Å². The van der Waals surface area contributed by atoms with Gasteiger partial charge in [0.2, 0.25) is 5.91 Å². The third kappa shape index (κ3) is 3.76. The molecule has 0 aromatic heterocycles. The Morgan fingerprint density at radius 1 is 1.26 bits per heavy atom. The summed E-state index contributed by atoms with van der Waals surface area (Å²) in [6, 6.07) is 7.73. The van der Waals surface area contributed by atoms with Crippen molar-refractivity contribution >= 4 is 11.6 Å². The third-order valence-corrected chi connectivity index (χ3v) is 3.35. The van der Waals surface area contributed by atoms with Gasteiger partial charge in [-0.1, -0.05) is 19.1 Å². The average Bonchev–Trinajstić information content (AvgIpc) is 2.69. The number of aliphatic hydroxyl groups excluding tert-OH is 2. The lowest BCUT2D eigenvalue weighted by atomic mass is 10.1. The first kappa shape index (κ1) is 14.0. The fraction of sp³-hybridized carbons (Fsp3) is 0.500. The van der Waals surface area contributed by atoms with Crippen molar-refractivity contribution in [3.8, 4) is 0 Å². The highest BCUT2D eigenvalue weighted by atomic mass is 16.3. The lowest BCUT2D eigenvalue weighted by Gasteiger charge is -2.14. The second-order valence-corrected chi connectivity index (χ2v) is 4.93. The first-order chi connectivity index (χ1) is 9.08. The molecule has 0 spiro atoms. The number of aliphatic hydroxyl groups is 2. The summed E-state index contributed by atoms with van der Waals surface area (Å²) in [4.78, 5) is 13.6. The number of aryl methyl sites for hydroxylation is 1. The molecule has 1 aromatic rings. The van der Waals surface area contributed by atoms with Gasteiger partial charge in [-0.15, -0.1) is 0 Å². The summed E-state index contributed by atoms with van der Waals surface area (Å²) in [7, 11) is 0. The number of nitrogens with zero attached hydrogens (tertiary/aromatic N) is 1. The molecule has 2 atom stereocenters. The Morgan fingerprint density at radius 3 is 2.37 bits per heavy atom. The van der Waals surface area contributed by atoms with Gasteiger partial charge in [0.15, 0.2) is 0 Å². The predicted octanol–water partition coefficient (Wildman–Crippen LogP) is 0.225. The molecule has 0 aliphatic carbocycles. The van der Waals surface area contributed by atoms with Gasteiger partial charge in [0.05, 0.1) is 18.8 Å². The minimum Gasteiger partial charge on any atom is -0.389 e. The van der Waals surface area contributed by atoms with Crippen LogP contribution >= 0.6 is 0 Å². The van der Waals surface area contributed by atoms with Crippen molar-refractivity contribution in [2.75, 3.05) is 25.0 Å². The van der Waals surface area contributed by atoms with E-state index >= 15 is 0 Å². The fourth-order valence-corrected chi connectivity index (χ4v) is 2.20. The summed E-state index contributed by atoms with van der Waals surface area (Å²) in [5, 5.41) is 21.6. The molecule has 1 amide bonds. The molecule has 1 aliphatic heterocycles. The average molecular weight is 264 g/mol. The number of anilines is 1. The molecule has 0 radical (unpaired) electrons.